The van der Waals surface area contributed by atoms with Crippen LogP contribution in [0.4, 0.5) is 0 Å². The Balaban J connectivity index is 1.47. The van der Waals surface area contributed by atoms with Gasteiger partial charge in [-0.2, -0.15) is 0 Å². The van der Waals surface area contributed by atoms with Crippen LogP contribution in [-0.2, 0) is 24.0 Å². The molecule has 0 radical (unpaired) electrons. The topological polar surface area (TPSA) is 114 Å². The maximum Gasteiger partial charge on any atom is 0.335 e. The molecule has 8 nitrogen and oxygen atoms in total. The van der Waals surface area contributed by atoms with Gasteiger partial charge in [-0.15, -0.1) is 0 Å². The molecular formula is C29H30N2O6. The van der Waals surface area contributed by atoms with Crippen LogP contribution in [0.3, 0.4) is 0 Å². The van der Waals surface area contributed by atoms with Crippen molar-refractivity contribution in [3.05, 3.63) is 88.2 Å². The number of hydrogen-bond donors (Lipinski definition) is 3. The molecule has 0 fully saturated rings. The zero-order valence-corrected chi connectivity index (χ0v) is 21.0. The molecule has 0 spiro atoms. The minimum atomic E-state index is -1.01. The molecule has 1 aromatic heterocycles. The highest BCUT2D eigenvalue weighted by molar-refractivity contribution is 5.92. The van der Waals surface area contributed by atoms with E-state index in [-0.39, 0.29) is 11.7 Å². The molecule has 3 aromatic carbocycles. The second kappa shape index (κ2) is 10.2. The van der Waals surface area contributed by atoms with E-state index in [0.29, 0.717) is 34.8 Å². The van der Waals surface area contributed by atoms with Crippen molar-refractivity contribution in [2.24, 2.45) is 0 Å². The second-order valence-corrected chi connectivity index (χ2v) is 9.39. The van der Waals surface area contributed by atoms with Gasteiger partial charge in [0.1, 0.15) is 23.4 Å². The minimum absolute atomic E-state index is 0.0886. The summed E-state index contributed by atoms with van der Waals surface area (Å²) in [5.41, 5.74) is 5.41. The summed E-state index contributed by atoms with van der Waals surface area (Å²) in [5, 5.41) is 20.9. The van der Waals surface area contributed by atoms with Crippen LogP contribution in [0.15, 0.2) is 54.6 Å². The van der Waals surface area contributed by atoms with Crippen LogP contribution >= 0.6 is 0 Å². The van der Waals surface area contributed by atoms with Crippen LogP contribution in [0.5, 0.6) is 11.5 Å². The molecule has 3 N–H and O–H groups in total. The molecular weight excluding hydrogens is 472 g/mol. The number of benzene rings is 3. The maximum atomic E-state index is 11.6. The number of rotatable bonds is 9. The number of aromatic amines is 1. The number of aliphatic hydroxyl groups is 1. The number of imidazole rings is 1. The summed E-state index contributed by atoms with van der Waals surface area (Å²) in [6.45, 7) is 1.90. The SMILES string of the molecule is COc1cc(C(O)C(Cc2nc3cc(C(=O)O)ccc3[nH]2)OC2Cc3ccccc3C2)cc(OC)c1C. The van der Waals surface area contributed by atoms with Crippen molar-refractivity contribution >= 4 is 17.0 Å². The van der Waals surface area contributed by atoms with Gasteiger partial charge in [-0.1, -0.05) is 24.3 Å². The Bertz CT molecular complexity index is 1400. The number of hydrogen-bond acceptors (Lipinski definition) is 6. The molecule has 0 saturated carbocycles. The van der Waals surface area contributed by atoms with Gasteiger partial charge in [-0.05, 0) is 66.8 Å². The van der Waals surface area contributed by atoms with Crippen molar-refractivity contribution < 1.29 is 29.2 Å². The highest BCUT2D eigenvalue weighted by Gasteiger charge is 2.31. The number of aromatic carboxylic acids is 1. The fraction of sp³-hybridized carbons (Fsp3) is 0.310. The number of methoxy groups -OCH3 is 2. The summed E-state index contributed by atoms with van der Waals surface area (Å²) >= 11 is 0. The minimum Gasteiger partial charge on any atom is -0.496 e. The Morgan fingerprint density at radius 1 is 1.05 bits per heavy atom. The Labute approximate surface area is 214 Å². The largest absolute Gasteiger partial charge is 0.496 e. The van der Waals surface area contributed by atoms with E-state index in [0.717, 1.165) is 23.9 Å². The average molecular weight is 503 g/mol. The van der Waals surface area contributed by atoms with Gasteiger partial charge in [-0.3, -0.25) is 0 Å². The number of H-pyrrole nitrogens is 1. The lowest BCUT2D eigenvalue weighted by molar-refractivity contribution is -0.0750. The smallest absolute Gasteiger partial charge is 0.335 e. The molecule has 5 rings (SSSR count). The number of ether oxygens (including phenoxy) is 3. The predicted octanol–water partition coefficient (Wildman–Crippen LogP) is 4.42. The zero-order chi connectivity index (χ0) is 26.1. The summed E-state index contributed by atoms with van der Waals surface area (Å²) in [7, 11) is 3.17. The fourth-order valence-electron chi connectivity index (χ4n) is 5.07. The van der Waals surface area contributed by atoms with Crippen LogP contribution in [0.1, 0.15) is 44.5 Å². The second-order valence-electron chi connectivity index (χ2n) is 9.39. The van der Waals surface area contributed by atoms with E-state index in [9.17, 15) is 15.0 Å². The third-order valence-corrected chi connectivity index (χ3v) is 7.02. The summed E-state index contributed by atoms with van der Waals surface area (Å²) in [6, 6.07) is 16.7. The van der Waals surface area contributed by atoms with Gasteiger partial charge < -0.3 is 29.4 Å². The van der Waals surface area contributed by atoms with E-state index in [1.165, 1.54) is 23.3 Å². The van der Waals surface area contributed by atoms with Gasteiger partial charge in [0.05, 0.1) is 43.0 Å². The number of nitrogens with one attached hydrogen (secondary N) is 1. The molecule has 2 atom stereocenters. The van der Waals surface area contributed by atoms with Crippen LogP contribution in [-0.4, -0.2) is 52.6 Å². The molecule has 1 aliphatic carbocycles. The van der Waals surface area contributed by atoms with E-state index in [2.05, 4.69) is 22.1 Å². The molecule has 0 bridgehead atoms. The molecule has 2 unspecified atom stereocenters. The highest BCUT2D eigenvalue weighted by atomic mass is 16.5. The van der Waals surface area contributed by atoms with Crippen molar-refractivity contribution in [1.82, 2.24) is 9.97 Å². The lowest BCUT2D eigenvalue weighted by atomic mass is 9.99. The predicted molar refractivity (Wildman–Crippen MR) is 139 cm³/mol. The Hall–Kier alpha value is -3.88. The number of carboxylic acid groups (broad SMARTS) is 1. The van der Waals surface area contributed by atoms with Crippen molar-refractivity contribution in [3.8, 4) is 11.5 Å². The summed E-state index contributed by atoms with van der Waals surface area (Å²) in [4.78, 5) is 19.2. The third kappa shape index (κ3) is 5.03. The Morgan fingerprint density at radius 2 is 1.70 bits per heavy atom. The first-order valence-corrected chi connectivity index (χ1v) is 12.2. The third-order valence-electron chi connectivity index (χ3n) is 7.02. The lowest BCUT2D eigenvalue weighted by Gasteiger charge is -2.27. The number of aliphatic hydroxyl groups excluding tert-OH is 1. The molecule has 1 heterocycles. The molecule has 0 saturated heterocycles. The first-order chi connectivity index (χ1) is 17.9. The Kier molecular flexibility index (Phi) is 6.86. The molecule has 0 aliphatic heterocycles. The van der Waals surface area contributed by atoms with Gasteiger partial charge in [0.25, 0.3) is 0 Å². The molecule has 4 aromatic rings. The molecule has 1 aliphatic rings. The highest BCUT2D eigenvalue weighted by Crippen LogP contribution is 2.35. The van der Waals surface area contributed by atoms with E-state index >= 15 is 0 Å². The fourth-order valence-corrected chi connectivity index (χ4v) is 5.07. The number of carboxylic acids is 1. The number of fused-ring (bicyclic) bond motifs is 2. The molecule has 192 valence electrons. The van der Waals surface area contributed by atoms with Gasteiger partial charge >= 0.3 is 5.97 Å². The quantitative estimate of drug-likeness (QED) is 0.311. The average Bonchev–Trinajstić information content (AvgIpc) is 3.50. The van der Waals surface area contributed by atoms with Crippen LogP contribution in [0.25, 0.3) is 11.0 Å². The first kappa shape index (κ1) is 24.8. The Morgan fingerprint density at radius 3 is 2.30 bits per heavy atom. The van der Waals surface area contributed by atoms with E-state index in [1.54, 1.807) is 32.4 Å². The van der Waals surface area contributed by atoms with E-state index in [1.807, 2.05) is 19.1 Å². The summed E-state index contributed by atoms with van der Waals surface area (Å²) < 4.78 is 17.6. The van der Waals surface area contributed by atoms with E-state index in [4.69, 9.17) is 14.2 Å². The van der Waals surface area contributed by atoms with Crippen molar-refractivity contribution in [2.75, 3.05) is 14.2 Å². The van der Waals surface area contributed by atoms with Crippen molar-refractivity contribution in [2.45, 2.75) is 44.5 Å². The maximum absolute atomic E-state index is 11.6. The molecule has 0 amide bonds. The van der Waals surface area contributed by atoms with Crippen LogP contribution in [0.2, 0.25) is 0 Å². The molecule has 8 heteroatoms. The van der Waals surface area contributed by atoms with Crippen LogP contribution in [0, 0.1) is 6.92 Å². The number of carbonyl (C=O) groups is 1. The normalized spacial score (nSPS) is 14.9. The van der Waals surface area contributed by atoms with Crippen LogP contribution < -0.4 is 9.47 Å². The van der Waals surface area contributed by atoms with Gasteiger partial charge in [-0.25, -0.2) is 9.78 Å². The molecule has 37 heavy (non-hydrogen) atoms. The van der Waals surface area contributed by atoms with Gasteiger partial charge in [0, 0.05) is 12.0 Å². The van der Waals surface area contributed by atoms with Crippen molar-refractivity contribution in [1.29, 1.82) is 0 Å². The first-order valence-electron chi connectivity index (χ1n) is 12.2. The van der Waals surface area contributed by atoms with Gasteiger partial charge in [0.15, 0.2) is 0 Å². The lowest BCUT2D eigenvalue weighted by Crippen LogP contribution is -2.31. The van der Waals surface area contributed by atoms with E-state index < -0.39 is 18.2 Å². The standard InChI is InChI=1S/C29H30N2O6/c1-16-24(35-2)13-20(14-25(16)36-3)28(32)26(37-21-10-17-6-4-5-7-18(17)11-21)15-27-30-22-9-8-19(29(33)34)12-23(22)31-27/h4-9,12-14,21,26,28,32H,10-11,15H2,1-3H3,(H,30,31)(H,33,34). The number of nitrogens with zero attached hydrogens (tertiary/aromatic N) is 1. The summed E-state index contributed by atoms with van der Waals surface area (Å²) in [5.74, 6) is 0.824. The number of aromatic nitrogens is 2. The monoisotopic (exact) mass is 502 g/mol. The zero-order valence-electron chi connectivity index (χ0n) is 21.0. The van der Waals surface area contributed by atoms with Gasteiger partial charge in [0.2, 0.25) is 0 Å². The van der Waals surface area contributed by atoms with Crippen molar-refractivity contribution in [3.63, 3.8) is 0 Å². The summed E-state index contributed by atoms with van der Waals surface area (Å²) in [6.07, 6.45) is 0.119.